The highest BCUT2D eigenvalue weighted by molar-refractivity contribution is 6.28. The van der Waals surface area contributed by atoms with Gasteiger partial charge in [0.05, 0.1) is 12.3 Å². The van der Waals surface area contributed by atoms with E-state index < -0.39 is 0 Å². The van der Waals surface area contributed by atoms with E-state index in [1.165, 1.54) is 0 Å². The molecule has 0 atom stereocenters. The molecule has 0 spiro atoms. The zero-order chi connectivity index (χ0) is 14.7. The van der Waals surface area contributed by atoms with Gasteiger partial charge < -0.3 is 9.64 Å². The van der Waals surface area contributed by atoms with Crippen molar-refractivity contribution in [2.24, 2.45) is 7.05 Å². The lowest BCUT2D eigenvalue weighted by atomic mass is 10.3. The topological polar surface area (TPSA) is 69.0 Å². The first-order chi connectivity index (χ1) is 9.44. The molecule has 0 N–H and O–H groups in total. The smallest absolute Gasteiger partial charge is 0.322 e. The molecule has 0 radical (unpaired) electrons. The monoisotopic (exact) mass is 296 g/mol. The summed E-state index contributed by atoms with van der Waals surface area (Å²) in [5.74, 6) is 0.463. The average Bonchev–Trinajstić information content (AvgIpc) is 2.73. The van der Waals surface area contributed by atoms with Gasteiger partial charge in [0.25, 0.3) is 0 Å². The maximum atomic E-state index is 5.90. The van der Waals surface area contributed by atoms with Gasteiger partial charge in [-0.3, -0.25) is 4.68 Å². The van der Waals surface area contributed by atoms with Crippen molar-refractivity contribution in [3.63, 3.8) is 0 Å². The van der Waals surface area contributed by atoms with Crippen molar-refractivity contribution < 1.29 is 4.74 Å². The minimum Gasteiger partial charge on any atom is -0.461 e. The normalized spacial score (nSPS) is 10.9. The van der Waals surface area contributed by atoms with Crippen LogP contribution >= 0.6 is 11.6 Å². The predicted molar refractivity (Wildman–Crippen MR) is 75.9 cm³/mol. The molecule has 0 bridgehead atoms. The van der Waals surface area contributed by atoms with Crippen molar-refractivity contribution >= 4 is 17.5 Å². The SMILES string of the molecule is CC(C)Oc1nc(Cl)nc(N(C)Cc2cnn(C)c2)n1. The molecule has 0 aliphatic heterocycles. The maximum Gasteiger partial charge on any atom is 0.322 e. The van der Waals surface area contributed by atoms with Crippen LogP contribution in [0.2, 0.25) is 5.28 Å². The van der Waals surface area contributed by atoms with Gasteiger partial charge in [0.15, 0.2) is 0 Å². The van der Waals surface area contributed by atoms with Gasteiger partial charge in [-0.05, 0) is 25.4 Å². The van der Waals surface area contributed by atoms with Crippen LogP contribution in [0.4, 0.5) is 5.95 Å². The van der Waals surface area contributed by atoms with E-state index in [1.54, 1.807) is 10.9 Å². The number of nitrogens with zero attached hydrogens (tertiary/aromatic N) is 6. The van der Waals surface area contributed by atoms with Gasteiger partial charge >= 0.3 is 6.01 Å². The third-order valence-corrected chi connectivity index (χ3v) is 2.61. The Morgan fingerprint density at radius 3 is 2.70 bits per heavy atom. The highest BCUT2D eigenvalue weighted by Crippen LogP contribution is 2.16. The summed E-state index contributed by atoms with van der Waals surface area (Å²) in [6.07, 6.45) is 3.71. The van der Waals surface area contributed by atoms with Gasteiger partial charge in [-0.15, -0.1) is 0 Å². The lowest BCUT2D eigenvalue weighted by Gasteiger charge is -2.17. The van der Waals surface area contributed by atoms with Crippen LogP contribution in [0, 0.1) is 0 Å². The first kappa shape index (κ1) is 14.5. The fraction of sp³-hybridized carbons (Fsp3) is 0.500. The van der Waals surface area contributed by atoms with Crippen molar-refractivity contribution in [1.29, 1.82) is 0 Å². The summed E-state index contributed by atoms with van der Waals surface area (Å²) in [7, 11) is 3.75. The molecule has 2 heterocycles. The first-order valence-corrected chi connectivity index (χ1v) is 6.58. The molecule has 0 aromatic carbocycles. The lowest BCUT2D eigenvalue weighted by Crippen LogP contribution is -2.20. The minimum atomic E-state index is -0.0232. The van der Waals surface area contributed by atoms with E-state index in [-0.39, 0.29) is 17.4 Å². The molecule has 8 heteroatoms. The summed E-state index contributed by atoms with van der Waals surface area (Å²) < 4.78 is 7.20. The number of aromatic nitrogens is 5. The number of ether oxygens (including phenoxy) is 1. The fourth-order valence-electron chi connectivity index (χ4n) is 1.65. The summed E-state index contributed by atoms with van der Waals surface area (Å²) in [6, 6.07) is 0.230. The van der Waals surface area contributed by atoms with Crippen molar-refractivity contribution in [2.75, 3.05) is 11.9 Å². The molecule has 108 valence electrons. The number of hydrogen-bond donors (Lipinski definition) is 0. The molecule has 2 aromatic rings. The van der Waals surface area contributed by atoms with Gasteiger partial charge in [-0.2, -0.15) is 20.1 Å². The summed E-state index contributed by atoms with van der Waals surface area (Å²) in [4.78, 5) is 14.2. The second-order valence-corrected chi connectivity index (χ2v) is 5.07. The molecular formula is C12H17ClN6O. The Hall–Kier alpha value is -1.89. The Balaban J connectivity index is 2.16. The van der Waals surface area contributed by atoms with Crippen molar-refractivity contribution in [1.82, 2.24) is 24.7 Å². The quantitative estimate of drug-likeness (QED) is 0.836. The van der Waals surface area contributed by atoms with E-state index in [9.17, 15) is 0 Å². The second-order valence-electron chi connectivity index (χ2n) is 4.73. The summed E-state index contributed by atoms with van der Waals surface area (Å²) >= 11 is 5.90. The Labute approximate surface area is 122 Å². The third-order valence-electron chi connectivity index (χ3n) is 2.44. The Bertz CT molecular complexity index is 585. The van der Waals surface area contributed by atoms with Crippen LogP contribution in [-0.2, 0) is 13.6 Å². The number of aryl methyl sites for hydroxylation is 1. The summed E-state index contributed by atoms with van der Waals surface area (Å²) in [6.45, 7) is 4.42. The molecule has 0 aliphatic rings. The van der Waals surface area contributed by atoms with Crippen LogP contribution in [0.3, 0.4) is 0 Å². The van der Waals surface area contributed by atoms with E-state index in [0.717, 1.165) is 5.56 Å². The summed E-state index contributed by atoms with van der Waals surface area (Å²) in [5.41, 5.74) is 1.05. The van der Waals surface area contributed by atoms with Crippen LogP contribution in [0.5, 0.6) is 6.01 Å². The molecule has 0 saturated carbocycles. The highest BCUT2D eigenvalue weighted by Gasteiger charge is 2.12. The van der Waals surface area contributed by atoms with E-state index in [0.29, 0.717) is 12.5 Å². The van der Waals surface area contributed by atoms with E-state index >= 15 is 0 Å². The molecule has 20 heavy (non-hydrogen) atoms. The van der Waals surface area contributed by atoms with Gasteiger partial charge in [-0.1, -0.05) is 0 Å². The molecular weight excluding hydrogens is 280 g/mol. The standard InChI is InChI=1S/C12H17ClN6O/c1-8(2)20-12-16-10(13)15-11(17-12)18(3)6-9-5-14-19(4)7-9/h5,7-8H,6H2,1-4H3. The van der Waals surface area contributed by atoms with E-state index in [1.807, 2.05) is 39.0 Å². The zero-order valence-electron chi connectivity index (χ0n) is 11.9. The molecule has 0 saturated heterocycles. The van der Waals surface area contributed by atoms with Crippen molar-refractivity contribution in [2.45, 2.75) is 26.5 Å². The summed E-state index contributed by atoms with van der Waals surface area (Å²) in [5, 5.41) is 4.24. The minimum absolute atomic E-state index is 0.0232. The van der Waals surface area contributed by atoms with Gasteiger partial charge in [0.1, 0.15) is 0 Å². The third kappa shape index (κ3) is 3.80. The van der Waals surface area contributed by atoms with Crippen molar-refractivity contribution in [3.8, 4) is 6.01 Å². The largest absolute Gasteiger partial charge is 0.461 e. The Morgan fingerprint density at radius 2 is 2.10 bits per heavy atom. The van der Waals surface area contributed by atoms with E-state index in [2.05, 4.69) is 20.1 Å². The lowest BCUT2D eigenvalue weighted by molar-refractivity contribution is 0.221. The fourth-order valence-corrected chi connectivity index (χ4v) is 1.80. The Kier molecular flexibility index (Phi) is 4.39. The number of hydrogen-bond acceptors (Lipinski definition) is 6. The number of rotatable bonds is 5. The first-order valence-electron chi connectivity index (χ1n) is 6.21. The molecule has 7 nitrogen and oxygen atoms in total. The molecule has 0 aliphatic carbocycles. The van der Waals surface area contributed by atoms with Crippen LogP contribution < -0.4 is 9.64 Å². The molecule has 0 fully saturated rings. The van der Waals surface area contributed by atoms with Gasteiger partial charge in [0, 0.05) is 32.4 Å². The van der Waals surface area contributed by atoms with E-state index in [4.69, 9.17) is 16.3 Å². The molecule has 0 amide bonds. The van der Waals surface area contributed by atoms with Crippen LogP contribution in [0.1, 0.15) is 19.4 Å². The highest BCUT2D eigenvalue weighted by atomic mass is 35.5. The van der Waals surface area contributed by atoms with Gasteiger partial charge in [0.2, 0.25) is 11.2 Å². The average molecular weight is 297 g/mol. The molecule has 2 aromatic heterocycles. The second kappa shape index (κ2) is 6.04. The van der Waals surface area contributed by atoms with Crippen LogP contribution in [0.15, 0.2) is 12.4 Å². The number of anilines is 1. The predicted octanol–water partition coefficient (Wildman–Crippen LogP) is 1.68. The van der Waals surface area contributed by atoms with Crippen LogP contribution in [0.25, 0.3) is 0 Å². The molecule has 2 rings (SSSR count). The number of halogens is 1. The van der Waals surface area contributed by atoms with Crippen LogP contribution in [-0.4, -0.2) is 37.9 Å². The van der Waals surface area contributed by atoms with Gasteiger partial charge in [-0.25, -0.2) is 0 Å². The van der Waals surface area contributed by atoms with Crippen molar-refractivity contribution in [3.05, 3.63) is 23.2 Å². The zero-order valence-corrected chi connectivity index (χ0v) is 12.7. The maximum absolute atomic E-state index is 5.90. The Morgan fingerprint density at radius 1 is 1.35 bits per heavy atom. The molecule has 0 unspecified atom stereocenters.